The average molecular weight is 438 g/mol. The number of hydrogen-bond donors (Lipinski definition) is 0. The highest BCUT2D eigenvalue weighted by Crippen LogP contribution is 2.35. The van der Waals surface area contributed by atoms with Crippen molar-refractivity contribution in [2.24, 2.45) is 0 Å². The predicted octanol–water partition coefficient (Wildman–Crippen LogP) is 5.58. The summed E-state index contributed by atoms with van der Waals surface area (Å²) < 4.78 is 61.1. The van der Waals surface area contributed by atoms with Crippen LogP contribution >= 0.6 is 11.6 Å². The molecule has 0 radical (unpaired) electrons. The van der Waals surface area contributed by atoms with Crippen LogP contribution in [0.25, 0.3) is 0 Å². The van der Waals surface area contributed by atoms with Gasteiger partial charge in [-0.25, -0.2) is 17.2 Å². The van der Waals surface area contributed by atoms with Crippen molar-refractivity contribution in [2.75, 3.05) is 11.4 Å². The van der Waals surface area contributed by atoms with E-state index in [4.69, 9.17) is 16.3 Å². The standard InChI is InChI=1S/C21H18ClF2NO3S/c1-14(18-5-3-4-6-20(18)23)25(15-7-9-16(28-2)10-8-15)29(26,27)17-11-12-21(24)19(22)13-17/h3-14H,1-2H3/t14-/m1/s1. The Balaban J connectivity index is 2.18. The number of sulfonamides is 1. The number of ether oxygens (including phenoxy) is 1. The van der Waals surface area contributed by atoms with E-state index in [9.17, 15) is 17.2 Å². The first kappa shape index (κ1) is 21.1. The van der Waals surface area contributed by atoms with Gasteiger partial charge in [0.25, 0.3) is 10.0 Å². The molecule has 1 atom stereocenters. The number of anilines is 1. The van der Waals surface area contributed by atoms with E-state index in [2.05, 4.69) is 0 Å². The van der Waals surface area contributed by atoms with Crippen LogP contribution in [0, 0.1) is 11.6 Å². The monoisotopic (exact) mass is 437 g/mol. The molecule has 0 fully saturated rings. The molecule has 152 valence electrons. The summed E-state index contributed by atoms with van der Waals surface area (Å²) in [6.45, 7) is 1.57. The zero-order valence-electron chi connectivity index (χ0n) is 15.6. The highest BCUT2D eigenvalue weighted by molar-refractivity contribution is 7.92. The Morgan fingerprint density at radius 1 is 0.966 bits per heavy atom. The van der Waals surface area contributed by atoms with Crippen LogP contribution in [0.3, 0.4) is 0 Å². The molecule has 0 spiro atoms. The molecule has 0 bridgehead atoms. The quantitative estimate of drug-likeness (QED) is 0.505. The van der Waals surface area contributed by atoms with Gasteiger partial charge in [0.05, 0.1) is 28.8 Å². The van der Waals surface area contributed by atoms with Crippen molar-refractivity contribution >= 4 is 27.3 Å². The van der Waals surface area contributed by atoms with Crippen molar-refractivity contribution in [1.29, 1.82) is 0 Å². The van der Waals surface area contributed by atoms with Crippen molar-refractivity contribution in [1.82, 2.24) is 0 Å². The lowest BCUT2D eigenvalue weighted by Crippen LogP contribution is -2.34. The third kappa shape index (κ3) is 4.21. The van der Waals surface area contributed by atoms with E-state index >= 15 is 0 Å². The van der Waals surface area contributed by atoms with Crippen LogP contribution in [0.2, 0.25) is 5.02 Å². The third-order valence-electron chi connectivity index (χ3n) is 4.48. The minimum atomic E-state index is -4.20. The predicted molar refractivity (Wildman–Crippen MR) is 109 cm³/mol. The van der Waals surface area contributed by atoms with E-state index in [1.54, 1.807) is 37.3 Å². The minimum Gasteiger partial charge on any atom is -0.497 e. The number of benzene rings is 3. The van der Waals surface area contributed by atoms with Crippen molar-refractivity contribution < 1.29 is 21.9 Å². The van der Waals surface area contributed by atoms with Gasteiger partial charge in [-0.1, -0.05) is 29.8 Å². The van der Waals surface area contributed by atoms with Gasteiger partial charge in [0.15, 0.2) is 0 Å². The molecule has 3 aromatic carbocycles. The molecule has 29 heavy (non-hydrogen) atoms. The average Bonchev–Trinajstić information content (AvgIpc) is 2.70. The SMILES string of the molecule is COc1ccc(N([C@H](C)c2ccccc2F)S(=O)(=O)c2ccc(F)c(Cl)c2)cc1. The normalized spacial score (nSPS) is 12.4. The maximum absolute atomic E-state index is 14.4. The Morgan fingerprint density at radius 3 is 2.21 bits per heavy atom. The first-order valence-corrected chi connectivity index (χ1v) is 10.5. The Morgan fingerprint density at radius 2 is 1.62 bits per heavy atom. The number of methoxy groups -OCH3 is 1. The molecule has 0 aliphatic rings. The molecule has 0 amide bonds. The number of halogens is 3. The fourth-order valence-electron chi connectivity index (χ4n) is 2.99. The smallest absolute Gasteiger partial charge is 0.264 e. The molecule has 8 heteroatoms. The van der Waals surface area contributed by atoms with Crippen molar-refractivity contribution in [2.45, 2.75) is 17.9 Å². The van der Waals surface area contributed by atoms with Gasteiger partial charge in [-0.05, 0) is 55.5 Å². The van der Waals surface area contributed by atoms with Crippen LogP contribution in [0.5, 0.6) is 5.75 Å². The number of rotatable bonds is 6. The lowest BCUT2D eigenvalue weighted by Gasteiger charge is -2.31. The zero-order valence-corrected chi connectivity index (χ0v) is 17.2. The van der Waals surface area contributed by atoms with Gasteiger partial charge in [0.1, 0.15) is 17.4 Å². The van der Waals surface area contributed by atoms with E-state index in [1.807, 2.05) is 0 Å². The summed E-state index contributed by atoms with van der Waals surface area (Å²) in [5, 5.41) is -0.320. The molecule has 0 aliphatic carbocycles. The van der Waals surface area contributed by atoms with Crippen LogP contribution < -0.4 is 9.04 Å². The first-order valence-electron chi connectivity index (χ1n) is 8.63. The summed E-state index contributed by atoms with van der Waals surface area (Å²) in [7, 11) is -2.71. The van der Waals surface area contributed by atoms with E-state index in [0.717, 1.165) is 22.5 Å². The van der Waals surface area contributed by atoms with E-state index < -0.39 is 27.7 Å². The second-order valence-electron chi connectivity index (χ2n) is 6.27. The van der Waals surface area contributed by atoms with E-state index in [0.29, 0.717) is 11.4 Å². The van der Waals surface area contributed by atoms with Gasteiger partial charge in [-0.15, -0.1) is 0 Å². The Labute approximate surface area is 173 Å². The van der Waals surface area contributed by atoms with Crippen molar-refractivity contribution in [3.05, 3.63) is 89.0 Å². The summed E-state index contributed by atoms with van der Waals surface area (Å²) in [4.78, 5) is -0.206. The van der Waals surface area contributed by atoms with Crippen LogP contribution in [0.15, 0.2) is 71.6 Å². The molecule has 0 aliphatic heterocycles. The molecular formula is C21H18ClF2NO3S. The number of hydrogen-bond acceptors (Lipinski definition) is 3. The molecule has 3 aromatic rings. The summed E-state index contributed by atoms with van der Waals surface area (Å²) in [6, 6.07) is 14.5. The summed E-state index contributed by atoms with van der Waals surface area (Å²) in [5.41, 5.74) is 0.488. The topological polar surface area (TPSA) is 46.6 Å². The summed E-state index contributed by atoms with van der Waals surface area (Å²) >= 11 is 5.80. The molecular weight excluding hydrogens is 420 g/mol. The van der Waals surface area contributed by atoms with Crippen LogP contribution in [0.4, 0.5) is 14.5 Å². The summed E-state index contributed by atoms with van der Waals surface area (Å²) in [6.07, 6.45) is 0. The highest BCUT2D eigenvalue weighted by atomic mass is 35.5. The molecule has 0 saturated carbocycles. The Bertz CT molecular complexity index is 1120. The van der Waals surface area contributed by atoms with Gasteiger partial charge < -0.3 is 4.74 Å². The molecule has 0 aromatic heterocycles. The van der Waals surface area contributed by atoms with Crippen molar-refractivity contribution in [3.8, 4) is 5.75 Å². The molecule has 3 rings (SSSR count). The van der Waals surface area contributed by atoms with Crippen LogP contribution in [0.1, 0.15) is 18.5 Å². The fraction of sp³-hybridized carbons (Fsp3) is 0.143. The Kier molecular flexibility index (Phi) is 6.10. The zero-order chi connectivity index (χ0) is 21.2. The van der Waals surface area contributed by atoms with Gasteiger partial charge >= 0.3 is 0 Å². The van der Waals surface area contributed by atoms with Crippen LogP contribution in [-0.4, -0.2) is 15.5 Å². The van der Waals surface area contributed by atoms with Gasteiger partial charge in [-0.3, -0.25) is 4.31 Å². The van der Waals surface area contributed by atoms with E-state index in [1.165, 1.54) is 25.3 Å². The maximum Gasteiger partial charge on any atom is 0.264 e. The molecule has 0 N–H and O–H groups in total. The molecule has 0 heterocycles. The minimum absolute atomic E-state index is 0.195. The third-order valence-corrected chi connectivity index (χ3v) is 6.67. The Hall–Kier alpha value is -2.64. The van der Waals surface area contributed by atoms with Crippen molar-refractivity contribution in [3.63, 3.8) is 0 Å². The lowest BCUT2D eigenvalue weighted by atomic mass is 10.1. The first-order chi connectivity index (χ1) is 13.8. The highest BCUT2D eigenvalue weighted by Gasteiger charge is 2.32. The number of nitrogens with zero attached hydrogens (tertiary/aromatic N) is 1. The van der Waals surface area contributed by atoms with E-state index in [-0.39, 0.29) is 15.5 Å². The molecule has 0 saturated heterocycles. The summed E-state index contributed by atoms with van der Waals surface area (Å²) in [5.74, 6) is -0.732. The fourth-order valence-corrected chi connectivity index (χ4v) is 4.90. The van der Waals surface area contributed by atoms with Crippen LogP contribution in [-0.2, 0) is 10.0 Å². The second-order valence-corrected chi connectivity index (χ2v) is 8.49. The largest absolute Gasteiger partial charge is 0.497 e. The molecule has 4 nitrogen and oxygen atoms in total. The lowest BCUT2D eigenvalue weighted by molar-refractivity contribution is 0.415. The van der Waals surface area contributed by atoms with Gasteiger partial charge in [0.2, 0.25) is 0 Å². The molecule has 0 unspecified atom stereocenters. The maximum atomic E-state index is 14.4. The van der Waals surface area contributed by atoms with Gasteiger partial charge in [0, 0.05) is 5.56 Å². The second kappa shape index (κ2) is 8.39. The van der Waals surface area contributed by atoms with Gasteiger partial charge in [-0.2, -0.15) is 0 Å².